The van der Waals surface area contributed by atoms with E-state index in [0.717, 1.165) is 50.7 Å². The molecule has 2 rings (SSSR count). The van der Waals surface area contributed by atoms with Crippen molar-refractivity contribution in [3.63, 3.8) is 0 Å². The lowest BCUT2D eigenvalue weighted by Crippen LogP contribution is -2.60. The number of nitrogens with zero attached hydrogens (tertiary/aromatic N) is 1. The van der Waals surface area contributed by atoms with Crippen molar-refractivity contribution in [3.8, 4) is 0 Å². The number of carbonyl (C=O) groups excluding carboxylic acids is 3. The molecule has 0 spiro atoms. The highest BCUT2D eigenvalue weighted by Gasteiger charge is 2.44. The third kappa shape index (κ3) is 9.69. The third-order valence-corrected chi connectivity index (χ3v) is 9.23. The number of ether oxygens (including phenoxy) is 1. The van der Waals surface area contributed by atoms with E-state index in [-0.39, 0.29) is 23.6 Å². The Balaban J connectivity index is 2.05. The van der Waals surface area contributed by atoms with Crippen LogP contribution < -0.4 is 16.4 Å². The van der Waals surface area contributed by atoms with Crippen LogP contribution in [0.25, 0.3) is 0 Å². The quantitative estimate of drug-likeness (QED) is 0.159. The maximum absolute atomic E-state index is 13.9. The van der Waals surface area contributed by atoms with Crippen molar-refractivity contribution in [2.45, 2.75) is 103 Å². The molecule has 2 fully saturated rings. The number of carbonyl (C=O) groups is 3. The van der Waals surface area contributed by atoms with Crippen molar-refractivity contribution in [1.82, 2.24) is 15.5 Å². The Morgan fingerprint density at radius 3 is 2.43 bits per heavy atom. The number of nitrogens with two attached hydrogens (primary N) is 1. The lowest BCUT2D eigenvalue weighted by molar-refractivity contribution is -0.140. The van der Waals surface area contributed by atoms with Gasteiger partial charge in [-0.1, -0.05) is 27.2 Å². The molecule has 37 heavy (non-hydrogen) atoms. The minimum atomic E-state index is -0.805. The first-order chi connectivity index (χ1) is 17.5. The van der Waals surface area contributed by atoms with Gasteiger partial charge in [0.15, 0.2) is 0 Å². The van der Waals surface area contributed by atoms with E-state index in [1.165, 1.54) is 0 Å². The molecule has 1 heterocycles. The number of nitrogens with one attached hydrogen (secondary N) is 3. The molecule has 1 aliphatic heterocycles. The SMILES string of the molecule is CCCCOC(=O)N[C@@H](C(=O)N1CCC[C@H]1C(=O)NC[C@H]1CC[C@H](C(=N)N)CC1)C(C)(C)SCC(C)C. The second kappa shape index (κ2) is 14.8. The fourth-order valence-corrected chi connectivity index (χ4v) is 6.06. The molecule has 1 saturated carbocycles. The fourth-order valence-electron chi connectivity index (χ4n) is 4.98. The summed E-state index contributed by atoms with van der Waals surface area (Å²) in [7, 11) is 0. The van der Waals surface area contributed by atoms with E-state index in [2.05, 4.69) is 24.5 Å². The molecule has 2 atom stereocenters. The Morgan fingerprint density at radius 1 is 1.16 bits per heavy atom. The summed E-state index contributed by atoms with van der Waals surface area (Å²) in [6.07, 6.45) is 6.09. The van der Waals surface area contributed by atoms with Crippen LogP contribution in [0.5, 0.6) is 0 Å². The van der Waals surface area contributed by atoms with Gasteiger partial charge in [-0.3, -0.25) is 15.0 Å². The van der Waals surface area contributed by atoms with Gasteiger partial charge < -0.3 is 26.0 Å². The lowest BCUT2D eigenvalue weighted by atomic mass is 9.81. The Kier molecular flexibility index (Phi) is 12.5. The average Bonchev–Trinajstić information content (AvgIpc) is 3.35. The van der Waals surface area contributed by atoms with Crippen LogP contribution in [0, 0.1) is 23.2 Å². The van der Waals surface area contributed by atoms with Gasteiger partial charge in [0.1, 0.15) is 12.1 Å². The molecule has 5 N–H and O–H groups in total. The van der Waals surface area contributed by atoms with Gasteiger partial charge in [0, 0.05) is 23.8 Å². The number of hydrogen-bond acceptors (Lipinski definition) is 6. The van der Waals surface area contributed by atoms with Gasteiger partial charge >= 0.3 is 6.09 Å². The van der Waals surface area contributed by atoms with Gasteiger partial charge in [0.05, 0.1) is 12.4 Å². The molecule has 212 valence electrons. The van der Waals surface area contributed by atoms with Gasteiger partial charge in [-0.15, -0.1) is 0 Å². The highest BCUT2D eigenvalue weighted by molar-refractivity contribution is 8.00. The van der Waals surface area contributed by atoms with Gasteiger partial charge in [0.2, 0.25) is 11.8 Å². The predicted molar refractivity (Wildman–Crippen MR) is 150 cm³/mol. The minimum absolute atomic E-state index is 0.128. The van der Waals surface area contributed by atoms with Crippen LogP contribution in [0.1, 0.15) is 86.0 Å². The molecule has 0 bridgehead atoms. The molecule has 1 saturated heterocycles. The van der Waals surface area contributed by atoms with Crippen molar-refractivity contribution in [3.05, 3.63) is 0 Å². The highest BCUT2D eigenvalue weighted by atomic mass is 32.2. The fraction of sp³-hybridized carbons (Fsp3) is 0.852. The topological polar surface area (TPSA) is 138 Å². The predicted octanol–water partition coefficient (Wildman–Crippen LogP) is 3.90. The Hall–Kier alpha value is -1.97. The maximum atomic E-state index is 13.9. The Bertz CT molecular complexity index is 783. The second-order valence-electron chi connectivity index (χ2n) is 11.5. The van der Waals surface area contributed by atoms with Crippen molar-refractivity contribution in [2.24, 2.45) is 23.5 Å². The molecule has 10 heteroatoms. The van der Waals surface area contributed by atoms with E-state index in [1.54, 1.807) is 16.7 Å². The number of likely N-dealkylation sites (tertiary alicyclic amines) is 1. The molecule has 9 nitrogen and oxygen atoms in total. The van der Waals surface area contributed by atoms with Gasteiger partial charge in [-0.25, -0.2) is 4.79 Å². The summed E-state index contributed by atoms with van der Waals surface area (Å²) in [5, 5.41) is 13.6. The summed E-state index contributed by atoms with van der Waals surface area (Å²) in [6, 6.07) is -1.34. The number of amidine groups is 1. The normalized spacial score (nSPS) is 23.0. The maximum Gasteiger partial charge on any atom is 0.407 e. The van der Waals surface area contributed by atoms with Crippen molar-refractivity contribution >= 4 is 35.5 Å². The molecule has 1 aliphatic carbocycles. The number of hydrogen-bond donors (Lipinski definition) is 4. The van der Waals surface area contributed by atoms with Gasteiger partial charge in [0.25, 0.3) is 0 Å². The molecule has 0 aromatic carbocycles. The first-order valence-electron chi connectivity index (χ1n) is 14.0. The number of unbranched alkanes of at least 4 members (excludes halogenated alkanes) is 1. The monoisotopic (exact) mass is 539 g/mol. The molecule has 3 amide bonds. The zero-order valence-corrected chi connectivity index (χ0v) is 24.3. The van der Waals surface area contributed by atoms with E-state index < -0.39 is 22.9 Å². The van der Waals surface area contributed by atoms with E-state index in [9.17, 15) is 14.4 Å². The van der Waals surface area contributed by atoms with Gasteiger partial charge in [-0.2, -0.15) is 11.8 Å². The van der Waals surface area contributed by atoms with Crippen LogP contribution in [-0.2, 0) is 14.3 Å². The van der Waals surface area contributed by atoms with Crippen molar-refractivity contribution < 1.29 is 19.1 Å². The Labute approximate surface area is 227 Å². The molecule has 0 radical (unpaired) electrons. The Morgan fingerprint density at radius 2 is 1.84 bits per heavy atom. The summed E-state index contributed by atoms with van der Waals surface area (Å²) in [4.78, 5) is 41.3. The summed E-state index contributed by atoms with van der Waals surface area (Å²) in [5.74, 6) is 1.71. The van der Waals surface area contributed by atoms with E-state index >= 15 is 0 Å². The first-order valence-corrected chi connectivity index (χ1v) is 14.9. The lowest BCUT2D eigenvalue weighted by Gasteiger charge is -2.37. The van der Waals surface area contributed by atoms with E-state index in [1.807, 2.05) is 20.8 Å². The molecule has 0 aromatic rings. The van der Waals surface area contributed by atoms with Crippen LogP contribution in [-0.4, -0.2) is 70.9 Å². The summed E-state index contributed by atoms with van der Waals surface area (Å²) in [6.45, 7) is 11.6. The molecular weight excluding hydrogens is 490 g/mol. The number of thioether (sulfide) groups is 1. The minimum Gasteiger partial charge on any atom is -0.450 e. The smallest absolute Gasteiger partial charge is 0.407 e. The number of amides is 3. The van der Waals surface area contributed by atoms with Gasteiger partial charge in [-0.05, 0) is 76.4 Å². The molecular formula is C27H49N5O4S. The zero-order chi connectivity index (χ0) is 27.6. The second-order valence-corrected chi connectivity index (χ2v) is 13.2. The van der Waals surface area contributed by atoms with Crippen LogP contribution in [0.15, 0.2) is 0 Å². The van der Waals surface area contributed by atoms with Crippen LogP contribution in [0.3, 0.4) is 0 Å². The summed E-state index contributed by atoms with van der Waals surface area (Å²) < 4.78 is 4.74. The average molecular weight is 540 g/mol. The van der Waals surface area contributed by atoms with E-state index in [0.29, 0.717) is 38.0 Å². The van der Waals surface area contributed by atoms with Crippen LogP contribution in [0.2, 0.25) is 0 Å². The summed E-state index contributed by atoms with van der Waals surface area (Å²) >= 11 is 1.65. The third-order valence-electron chi connectivity index (χ3n) is 7.41. The number of alkyl carbamates (subject to hydrolysis) is 1. The zero-order valence-electron chi connectivity index (χ0n) is 23.4. The largest absolute Gasteiger partial charge is 0.450 e. The van der Waals surface area contributed by atoms with Crippen molar-refractivity contribution in [1.29, 1.82) is 5.41 Å². The molecule has 2 aliphatic rings. The standard InChI is InChI=1S/C27H49N5O4S/c1-6-7-15-36-26(35)31-22(27(4,5)37-17-18(2)3)25(34)32-14-8-9-21(32)24(33)30-16-19-10-12-20(13-11-19)23(28)29/h18-22H,6-17H2,1-5H3,(H3,28,29)(H,30,33)(H,31,35)/t19-,20-,21-,22-/m0/s1. The van der Waals surface area contributed by atoms with E-state index in [4.69, 9.17) is 15.9 Å². The first kappa shape index (κ1) is 31.2. The summed E-state index contributed by atoms with van der Waals surface area (Å²) in [5.41, 5.74) is 5.65. The number of rotatable bonds is 13. The molecule has 0 aromatic heterocycles. The van der Waals surface area contributed by atoms with Crippen LogP contribution in [0.4, 0.5) is 4.79 Å². The highest BCUT2D eigenvalue weighted by Crippen LogP contribution is 2.33. The van der Waals surface area contributed by atoms with Crippen LogP contribution >= 0.6 is 11.8 Å². The molecule has 0 unspecified atom stereocenters. The van der Waals surface area contributed by atoms with Crippen molar-refractivity contribution in [2.75, 3.05) is 25.4 Å².